The van der Waals surface area contributed by atoms with Crippen molar-refractivity contribution in [2.24, 2.45) is 13.0 Å². The first-order chi connectivity index (χ1) is 9.74. The number of aromatic nitrogens is 2. The molecule has 20 heavy (non-hydrogen) atoms. The normalized spacial score (nSPS) is 20.6. The van der Waals surface area contributed by atoms with E-state index in [1.807, 2.05) is 49.8 Å². The van der Waals surface area contributed by atoms with Gasteiger partial charge >= 0.3 is 5.97 Å². The summed E-state index contributed by atoms with van der Waals surface area (Å²) >= 11 is 0. The molecule has 104 valence electrons. The lowest BCUT2D eigenvalue weighted by Crippen LogP contribution is -2.10. The fourth-order valence-electron chi connectivity index (χ4n) is 2.48. The van der Waals surface area contributed by atoms with Crippen molar-refractivity contribution in [2.45, 2.75) is 18.8 Å². The maximum Gasteiger partial charge on any atom is 0.309 e. The third-order valence-electron chi connectivity index (χ3n) is 3.72. The predicted octanol–water partition coefficient (Wildman–Crippen LogP) is 2.31. The summed E-state index contributed by atoms with van der Waals surface area (Å²) in [4.78, 5) is 11.9. The molecule has 1 aliphatic carbocycles. The molecule has 0 spiro atoms. The molecule has 0 aliphatic heterocycles. The molecule has 4 heteroatoms. The van der Waals surface area contributed by atoms with Gasteiger partial charge in [-0.25, -0.2) is 0 Å². The Morgan fingerprint density at radius 1 is 1.40 bits per heavy atom. The molecule has 0 bridgehead atoms. The zero-order valence-corrected chi connectivity index (χ0v) is 11.5. The molecule has 1 saturated carbocycles. The fraction of sp³-hybridized carbons (Fsp3) is 0.375. The molecule has 1 aromatic heterocycles. The summed E-state index contributed by atoms with van der Waals surface area (Å²) in [6, 6.07) is 10.1. The maximum absolute atomic E-state index is 11.9. The Bertz CT molecular complexity index is 592. The number of aryl methyl sites for hydroxylation is 1. The van der Waals surface area contributed by atoms with E-state index in [0.29, 0.717) is 12.5 Å². The topological polar surface area (TPSA) is 44.1 Å². The quantitative estimate of drug-likeness (QED) is 0.783. The summed E-state index contributed by atoms with van der Waals surface area (Å²) < 4.78 is 7.13. The summed E-state index contributed by atoms with van der Waals surface area (Å²) in [7, 11) is 1.89. The lowest BCUT2D eigenvalue weighted by molar-refractivity contribution is -0.145. The van der Waals surface area contributed by atoms with Gasteiger partial charge in [-0.05, 0) is 17.5 Å². The van der Waals surface area contributed by atoms with Crippen LogP contribution in [-0.2, 0) is 23.0 Å². The van der Waals surface area contributed by atoms with Crippen molar-refractivity contribution in [3.05, 3.63) is 53.9 Å². The van der Waals surface area contributed by atoms with Gasteiger partial charge in [0.1, 0.15) is 0 Å². The Labute approximate surface area is 118 Å². The Hall–Kier alpha value is -2.10. The van der Waals surface area contributed by atoms with Crippen molar-refractivity contribution in [3.63, 3.8) is 0 Å². The van der Waals surface area contributed by atoms with Crippen molar-refractivity contribution in [2.75, 3.05) is 6.61 Å². The molecule has 0 N–H and O–H groups in total. The molecule has 1 aliphatic rings. The van der Waals surface area contributed by atoms with Crippen LogP contribution in [0, 0.1) is 5.92 Å². The highest BCUT2D eigenvalue weighted by Crippen LogP contribution is 2.47. The van der Waals surface area contributed by atoms with Crippen LogP contribution in [0.4, 0.5) is 0 Å². The third-order valence-corrected chi connectivity index (χ3v) is 3.72. The summed E-state index contributed by atoms with van der Waals surface area (Å²) in [5.41, 5.74) is 2.33. The van der Waals surface area contributed by atoms with Gasteiger partial charge in [-0.15, -0.1) is 0 Å². The molecule has 0 radical (unpaired) electrons. The number of carbonyl (C=O) groups is 1. The van der Waals surface area contributed by atoms with E-state index in [0.717, 1.165) is 18.4 Å². The standard InChI is InChI=1S/C16H18N2O2/c1-18-11-13(10-17-18)14-9-15(14)16(19)20-8-7-12-5-3-2-4-6-12/h2-6,10-11,14-15H,7-9H2,1H3/t14-,15-/m0/s1. The lowest BCUT2D eigenvalue weighted by atomic mass is 10.2. The van der Waals surface area contributed by atoms with Gasteiger partial charge in [-0.1, -0.05) is 30.3 Å². The second kappa shape index (κ2) is 5.49. The summed E-state index contributed by atoms with van der Waals surface area (Å²) in [6.07, 6.45) is 5.47. The Kier molecular flexibility index (Phi) is 3.54. The van der Waals surface area contributed by atoms with Crippen molar-refractivity contribution >= 4 is 5.97 Å². The molecule has 3 rings (SSSR count). The molecule has 0 unspecified atom stereocenters. The van der Waals surface area contributed by atoms with Crippen LogP contribution in [0.3, 0.4) is 0 Å². The number of hydrogen-bond acceptors (Lipinski definition) is 3. The van der Waals surface area contributed by atoms with Crippen LogP contribution >= 0.6 is 0 Å². The van der Waals surface area contributed by atoms with Gasteiger partial charge in [0.05, 0.1) is 18.7 Å². The average Bonchev–Trinajstić information content (AvgIpc) is 3.15. The summed E-state index contributed by atoms with van der Waals surface area (Å²) in [6.45, 7) is 0.457. The van der Waals surface area contributed by atoms with Crippen LogP contribution in [-0.4, -0.2) is 22.4 Å². The molecule has 2 atom stereocenters. The van der Waals surface area contributed by atoms with Gasteiger partial charge in [0.15, 0.2) is 0 Å². The molecular formula is C16H18N2O2. The minimum absolute atomic E-state index is 0.0231. The number of ether oxygens (including phenoxy) is 1. The van der Waals surface area contributed by atoms with E-state index < -0.39 is 0 Å². The number of benzene rings is 1. The summed E-state index contributed by atoms with van der Waals surface area (Å²) in [5, 5.41) is 4.14. The second-order valence-corrected chi connectivity index (χ2v) is 5.30. The van der Waals surface area contributed by atoms with Gasteiger partial charge in [-0.3, -0.25) is 9.48 Å². The molecule has 0 saturated heterocycles. The molecule has 4 nitrogen and oxygen atoms in total. The molecule has 1 heterocycles. The van der Waals surface area contributed by atoms with E-state index >= 15 is 0 Å². The van der Waals surface area contributed by atoms with E-state index in [-0.39, 0.29) is 11.9 Å². The zero-order chi connectivity index (χ0) is 13.9. The zero-order valence-electron chi connectivity index (χ0n) is 11.5. The van der Waals surface area contributed by atoms with Crippen LogP contribution < -0.4 is 0 Å². The van der Waals surface area contributed by atoms with E-state index in [9.17, 15) is 4.79 Å². The van der Waals surface area contributed by atoms with Gasteiger partial charge < -0.3 is 4.74 Å². The minimum atomic E-state index is -0.0743. The van der Waals surface area contributed by atoms with Gasteiger partial charge in [0.25, 0.3) is 0 Å². The smallest absolute Gasteiger partial charge is 0.309 e. The van der Waals surface area contributed by atoms with E-state index in [4.69, 9.17) is 4.74 Å². The Morgan fingerprint density at radius 3 is 2.90 bits per heavy atom. The largest absolute Gasteiger partial charge is 0.465 e. The SMILES string of the molecule is Cn1cc([C@@H]2C[C@@H]2C(=O)OCCc2ccccc2)cn1. The fourth-order valence-corrected chi connectivity index (χ4v) is 2.48. The lowest BCUT2D eigenvalue weighted by Gasteiger charge is -2.04. The number of esters is 1. The molecule has 0 amide bonds. The Balaban J connectivity index is 1.45. The third kappa shape index (κ3) is 2.90. The van der Waals surface area contributed by atoms with Crippen LogP contribution in [0.1, 0.15) is 23.5 Å². The first kappa shape index (κ1) is 12.9. The maximum atomic E-state index is 11.9. The highest BCUT2D eigenvalue weighted by atomic mass is 16.5. The van der Waals surface area contributed by atoms with Crippen molar-refractivity contribution in [1.82, 2.24) is 9.78 Å². The summed E-state index contributed by atoms with van der Waals surface area (Å²) in [5.74, 6) is 0.248. The van der Waals surface area contributed by atoms with Gasteiger partial charge in [-0.2, -0.15) is 5.10 Å². The van der Waals surface area contributed by atoms with Gasteiger partial charge in [0, 0.05) is 25.6 Å². The van der Waals surface area contributed by atoms with Crippen molar-refractivity contribution in [3.8, 4) is 0 Å². The van der Waals surface area contributed by atoms with Crippen molar-refractivity contribution < 1.29 is 9.53 Å². The molecule has 1 fully saturated rings. The predicted molar refractivity (Wildman–Crippen MR) is 75.2 cm³/mol. The van der Waals surface area contributed by atoms with E-state index in [1.165, 1.54) is 5.56 Å². The second-order valence-electron chi connectivity index (χ2n) is 5.30. The first-order valence-corrected chi connectivity index (χ1v) is 6.93. The number of carbonyl (C=O) groups excluding carboxylic acids is 1. The monoisotopic (exact) mass is 270 g/mol. The highest BCUT2D eigenvalue weighted by Gasteiger charge is 2.45. The van der Waals surface area contributed by atoms with Crippen molar-refractivity contribution in [1.29, 1.82) is 0 Å². The Morgan fingerprint density at radius 2 is 2.20 bits per heavy atom. The van der Waals surface area contributed by atoms with Crippen LogP contribution in [0.2, 0.25) is 0 Å². The minimum Gasteiger partial charge on any atom is -0.465 e. The average molecular weight is 270 g/mol. The molecule has 1 aromatic carbocycles. The van der Waals surface area contributed by atoms with E-state index in [2.05, 4.69) is 5.10 Å². The molecule has 2 aromatic rings. The first-order valence-electron chi connectivity index (χ1n) is 6.93. The van der Waals surface area contributed by atoms with Crippen LogP contribution in [0.15, 0.2) is 42.7 Å². The number of nitrogens with zero attached hydrogens (tertiary/aromatic N) is 2. The number of rotatable bonds is 5. The van der Waals surface area contributed by atoms with Crippen LogP contribution in [0.5, 0.6) is 0 Å². The molecular weight excluding hydrogens is 252 g/mol. The van der Waals surface area contributed by atoms with Gasteiger partial charge in [0.2, 0.25) is 0 Å². The van der Waals surface area contributed by atoms with Crippen LogP contribution in [0.25, 0.3) is 0 Å². The highest BCUT2D eigenvalue weighted by molar-refractivity contribution is 5.77. The number of hydrogen-bond donors (Lipinski definition) is 0. The van der Waals surface area contributed by atoms with E-state index in [1.54, 1.807) is 4.68 Å².